The molecule has 0 radical (unpaired) electrons. The maximum absolute atomic E-state index is 14.0. The molecule has 3 amide bonds. The van der Waals surface area contributed by atoms with Crippen molar-refractivity contribution in [2.75, 3.05) is 26.0 Å². The largest absolute Gasteiger partial charge is 0.461 e. The van der Waals surface area contributed by atoms with E-state index in [0.29, 0.717) is 36.9 Å². The molecule has 0 bridgehead atoms. The van der Waals surface area contributed by atoms with Gasteiger partial charge in [-0.25, -0.2) is 4.98 Å². The van der Waals surface area contributed by atoms with Crippen molar-refractivity contribution in [3.05, 3.63) is 83.2 Å². The van der Waals surface area contributed by atoms with Crippen LogP contribution in [-0.2, 0) is 21.9 Å². The third-order valence-electron chi connectivity index (χ3n) is 11.5. The van der Waals surface area contributed by atoms with Crippen LogP contribution >= 0.6 is 12.4 Å². The van der Waals surface area contributed by atoms with Crippen molar-refractivity contribution in [3.8, 4) is 11.1 Å². The molecule has 6 N–H and O–H groups in total. The Bertz CT molecular complexity index is 2060. The summed E-state index contributed by atoms with van der Waals surface area (Å²) in [6.45, 7) is 2.49. The van der Waals surface area contributed by atoms with Gasteiger partial charge in [0, 0.05) is 35.7 Å². The van der Waals surface area contributed by atoms with Gasteiger partial charge in [-0.3, -0.25) is 14.4 Å². The molecule has 3 aromatic carbocycles. The number of fused-ring (bicyclic) bond motifs is 1. The third kappa shape index (κ3) is 10.3. The number of imidazole rings is 1. The van der Waals surface area contributed by atoms with E-state index < -0.39 is 29.9 Å². The number of halogens is 6. The number of aromatic nitrogens is 2. The van der Waals surface area contributed by atoms with E-state index in [-0.39, 0.29) is 59.3 Å². The normalized spacial score (nSPS) is 20.6. The van der Waals surface area contributed by atoms with Gasteiger partial charge in [0.15, 0.2) is 5.82 Å². The van der Waals surface area contributed by atoms with Gasteiger partial charge in [-0.15, -0.1) is 12.4 Å². The highest BCUT2D eigenvalue weighted by atomic mass is 35.5. The summed E-state index contributed by atoms with van der Waals surface area (Å²) in [5, 5.41) is 8.78. The van der Waals surface area contributed by atoms with Crippen LogP contribution < -0.4 is 21.7 Å². The van der Waals surface area contributed by atoms with Crippen LogP contribution in [0.5, 0.6) is 0 Å². The summed E-state index contributed by atoms with van der Waals surface area (Å²) in [6.07, 6.45) is 1.11. The molecule has 1 heterocycles. The van der Waals surface area contributed by atoms with Gasteiger partial charge in [-0.05, 0) is 137 Å². The maximum Gasteiger partial charge on any atom is 0.461 e. The second-order valence-electron chi connectivity index (χ2n) is 15.8. The third-order valence-corrected chi connectivity index (χ3v) is 11.5. The summed E-state index contributed by atoms with van der Waals surface area (Å²) in [4.78, 5) is 48.1. The molecular formula is C42H51ClF5N7O3. The number of alkyl halides is 5. The van der Waals surface area contributed by atoms with Crippen molar-refractivity contribution in [1.29, 1.82) is 0 Å². The summed E-state index contributed by atoms with van der Waals surface area (Å²) >= 11 is 0. The van der Waals surface area contributed by atoms with Crippen molar-refractivity contribution in [3.63, 3.8) is 0 Å². The lowest BCUT2D eigenvalue weighted by Gasteiger charge is -2.33. The van der Waals surface area contributed by atoms with E-state index in [1.807, 2.05) is 54.4 Å². The first kappa shape index (κ1) is 44.5. The number of aromatic amines is 1. The fourth-order valence-corrected chi connectivity index (χ4v) is 7.95. The number of anilines is 1. The molecule has 58 heavy (non-hydrogen) atoms. The van der Waals surface area contributed by atoms with Gasteiger partial charge < -0.3 is 31.6 Å². The number of H-pyrrole nitrogens is 1. The fraction of sp³-hybridized carbons (Fsp3) is 0.476. The number of amides is 3. The van der Waals surface area contributed by atoms with Crippen LogP contribution in [0.15, 0.2) is 60.7 Å². The van der Waals surface area contributed by atoms with E-state index in [2.05, 4.69) is 39.9 Å². The first-order chi connectivity index (χ1) is 27.0. The minimum absolute atomic E-state index is 0. The highest BCUT2D eigenvalue weighted by Crippen LogP contribution is 2.43. The van der Waals surface area contributed by atoms with Crippen molar-refractivity contribution < 1.29 is 36.3 Å². The number of nitrogens with zero attached hydrogens (tertiary/aromatic N) is 2. The molecule has 2 saturated carbocycles. The average Bonchev–Trinajstić information content (AvgIpc) is 3.62. The van der Waals surface area contributed by atoms with E-state index in [1.165, 1.54) is 18.2 Å². The second kappa shape index (κ2) is 18.5. The molecule has 0 unspecified atom stereocenters. The highest BCUT2D eigenvalue weighted by Gasteiger charge is 2.61. The number of benzene rings is 3. The number of carbonyl (C=O) groups excluding carboxylic acids is 3. The fourth-order valence-electron chi connectivity index (χ4n) is 7.95. The smallest absolute Gasteiger partial charge is 0.349 e. The Morgan fingerprint density at radius 1 is 0.897 bits per heavy atom. The number of aryl methyl sites for hydroxylation is 1. The summed E-state index contributed by atoms with van der Waals surface area (Å²) in [7, 11) is 4.17. The molecule has 10 nitrogen and oxygen atoms in total. The molecule has 2 aliphatic carbocycles. The molecule has 0 spiro atoms. The molecule has 16 heteroatoms. The van der Waals surface area contributed by atoms with Crippen LogP contribution in [0, 0.1) is 18.8 Å². The zero-order chi connectivity index (χ0) is 41.1. The monoisotopic (exact) mass is 831 g/mol. The van der Waals surface area contributed by atoms with Gasteiger partial charge in [0.25, 0.3) is 5.91 Å². The van der Waals surface area contributed by atoms with Gasteiger partial charge in [0.05, 0.1) is 11.0 Å². The van der Waals surface area contributed by atoms with E-state index in [1.54, 1.807) is 0 Å². The molecule has 314 valence electrons. The summed E-state index contributed by atoms with van der Waals surface area (Å²) in [5.41, 5.74) is 9.74. The number of carbonyl (C=O) groups is 3. The lowest BCUT2D eigenvalue weighted by Crippen LogP contribution is -2.48. The quantitative estimate of drug-likeness (QED) is 0.0929. The molecule has 1 aromatic heterocycles. The second-order valence-corrected chi connectivity index (χ2v) is 15.8. The van der Waals surface area contributed by atoms with Gasteiger partial charge in [-0.1, -0.05) is 30.3 Å². The zero-order valence-electron chi connectivity index (χ0n) is 32.7. The van der Waals surface area contributed by atoms with Gasteiger partial charge in [-0.2, -0.15) is 22.0 Å². The number of nitrogens with one attached hydrogen (secondary N) is 4. The zero-order valence-corrected chi connectivity index (χ0v) is 33.5. The van der Waals surface area contributed by atoms with Crippen LogP contribution in [-0.4, -0.2) is 77.5 Å². The number of hydrogen-bond donors (Lipinski definition) is 5. The highest BCUT2D eigenvalue weighted by molar-refractivity contribution is 5.99. The Labute approximate surface area is 340 Å². The molecule has 0 saturated heterocycles. The van der Waals surface area contributed by atoms with Gasteiger partial charge >= 0.3 is 12.1 Å². The van der Waals surface area contributed by atoms with Crippen molar-refractivity contribution in [1.82, 2.24) is 25.5 Å². The average molecular weight is 832 g/mol. The Morgan fingerprint density at radius 2 is 1.57 bits per heavy atom. The maximum atomic E-state index is 14.0. The first-order valence-corrected chi connectivity index (χ1v) is 19.5. The summed E-state index contributed by atoms with van der Waals surface area (Å²) < 4.78 is 66.9. The number of nitrogens with two attached hydrogens (primary N) is 1. The number of hydrogen-bond acceptors (Lipinski definition) is 6. The predicted molar refractivity (Wildman–Crippen MR) is 216 cm³/mol. The molecule has 1 atom stereocenters. The van der Waals surface area contributed by atoms with Crippen LogP contribution in [0.2, 0.25) is 0 Å². The van der Waals surface area contributed by atoms with Crippen molar-refractivity contribution in [2.45, 2.75) is 94.9 Å². The van der Waals surface area contributed by atoms with Crippen molar-refractivity contribution >= 4 is 46.8 Å². The Kier molecular flexibility index (Phi) is 14.2. The molecule has 4 aromatic rings. The number of rotatable bonds is 12. The van der Waals surface area contributed by atoms with Crippen LogP contribution in [0.25, 0.3) is 22.2 Å². The Balaban J connectivity index is 0.00000641. The standard InChI is InChI=1S/C42H50F5N7O3.ClH/c1-24-20-29(38(56)49-30-13-16-32(17-14-30)54(2)3)12-18-33(24)27-8-4-25(5-9-27)21-36(51-37(55)28-10-6-26(23-48)7-11-28)39(57)50-31-15-19-34-35(22-31)53-40(52-34)41(43,44)42(45,46)47;/h4-5,8-9,12,15,18-20,22,26,28,30,32,36H,6-7,10-11,13-14,16-17,21,23,48H2,1-3H3,(H,49,56)(H,50,57)(H,51,55)(H,52,53);1H/t26-,28-,30?,32?,36-;/m0./s1. The van der Waals surface area contributed by atoms with E-state index in [4.69, 9.17) is 5.73 Å². The molecule has 2 fully saturated rings. The Hall–Kier alpha value is -4.60. The Morgan fingerprint density at radius 3 is 2.17 bits per heavy atom. The summed E-state index contributed by atoms with van der Waals surface area (Å²) in [6, 6.07) is 16.6. The van der Waals surface area contributed by atoms with Crippen molar-refractivity contribution in [2.24, 2.45) is 17.6 Å². The SMILES string of the molecule is Cc1cc(C(=O)NC2CCC(N(C)C)CC2)ccc1-c1ccc(C[C@H](NC(=O)[C@H]2CC[C@H](CN)CC2)C(=O)Nc2ccc3[nH]c(C(F)(F)C(F)(F)F)nc3c2)cc1.Cl. The molecule has 2 aliphatic rings. The molecule has 6 rings (SSSR count). The van der Waals surface area contributed by atoms with E-state index in [9.17, 15) is 36.3 Å². The predicted octanol–water partition coefficient (Wildman–Crippen LogP) is 7.65. The summed E-state index contributed by atoms with van der Waals surface area (Å²) in [5.74, 6) is -7.69. The van der Waals surface area contributed by atoms with E-state index >= 15 is 0 Å². The lowest BCUT2D eigenvalue weighted by atomic mass is 9.81. The lowest BCUT2D eigenvalue weighted by molar-refractivity contribution is -0.292. The molecule has 0 aliphatic heterocycles. The van der Waals surface area contributed by atoms with Gasteiger partial charge in [0.2, 0.25) is 11.8 Å². The first-order valence-electron chi connectivity index (χ1n) is 19.5. The van der Waals surface area contributed by atoms with Crippen LogP contribution in [0.1, 0.15) is 78.7 Å². The van der Waals surface area contributed by atoms with Crippen LogP contribution in [0.4, 0.5) is 27.6 Å². The molecular weight excluding hydrogens is 781 g/mol. The van der Waals surface area contributed by atoms with Crippen LogP contribution in [0.3, 0.4) is 0 Å². The minimum Gasteiger partial charge on any atom is -0.349 e. The topological polar surface area (TPSA) is 145 Å². The van der Waals surface area contributed by atoms with Gasteiger partial charge in [0.1, 0.15) is 6.04 Å². The van der Waals surface area contributed by atoms with E-state index in [0.717, 1.165) is 60.8 Å². The minimum atomic E-state index is -5.85.